The third-order valence-corrected chi connectivity index (χ3v) is 3.52. The van der Waals surface area contributed by atoms with E-state index in [0.717, 1.165) is 16.9 Å². The van der Waals surface area contributed by atoms with Crippen LogP contribution >= 0.6 is 11.3 Å². The van der Waals surface area contributed by atoms with E-state index in [1.54, 1.807) is 19.1 Å². The Bertz CT molecular complexity index is 592. The molecule has 0 atom stereocenters. The maximum Gasteiger partial charge on any atom is 0.348 e. The lowest BCUT2D eigenvalue weighted by Gasteiger charge is -2.00. The van der Waals surface area contributed by atoms with Crippen LogP contribution in [0.25, 0.3) is 10.4 Å². The quantitative estimate of drug-likeness (QED) is 0.861. The molecule has 88 valence electrons. The third kappa shape index (κ3) is 2.14. The number of nitrogen functional groups attached to an aromatic ring is 1. The van der Waals surface area contributed by atoms with Gasteiger partial charge in [0.05, 0.1) is 5.69 Å². The molecular weight excluding hydrogens is 241 g/mol. The minimum Gasteiger partial charge on any atom is -0.477 e. The average molecular weight is 251 g/mol. The van der Waals surface area contributed by atoms with Crippen LogP contribution in [0.2, 0.25) is 0 Å². The lowest BCUT2D eigenvalue weighted by molar-refractivity contribution is 0.0703. The van der Waals surface area contributed by atoms with Crippen molar-refractivity contribution in [3.63, 3.8) is 0 Å². The van der Waals surface area contributed by atoms with Gasteiger partial charge >= 0.3 is 5.97 Å². The molecule has 0 amide bonds. The van der Waals surface area contributed by atoms with Crippen molar-refractivity contribution in [2.24, 2.45) is 0 Å². The number of halogens is 1. The summed E-state index contributed by atoms with van der Waals surface area (Å²) in [6.45, 7) is 1.79. The van der Waals surface area contributed by atoms with E-state index in [1.165, 1.54) is 12.1 Å². The number of aromatic carboxylic acids is 1. The van der Waals surface area contributed by atoms with E-state index < -0.39 is 5.97 Å². The van der Waals surface area contributed by atoms with Crippen molar-refractivity contribution >= 4 is 23.0 Å². The monoisotopic (exact) mass is 251 g/mol. The number of aryl methyl sites for hydroxylation is 1. The molecule has 0 unspecified atom stereocenters. The second-order valence-electron chi connectivity index (χ2n) is 3.68. The van der Waals surface area contributed by atoms with Crippen molar-refractivity contribution in [2.45, 2.75) is 6.92 Å². The van der Waals surface area contributed by atoms with Crippen molar-refractivity contribution in [3.8, 4) is 10.4 Å². The van der Waals surface area contributed by atoms with Gasteiger partial charge < -0.3 is 10.8 Å². The molecule has 0 aliphatic heterocycles. The topological polar surface area (TPSA) is 63.3 Å². The van der Waals surface area contributed by atoms with Crippen LogP contribution in [0.15, 0.2) is 24.3 Å². The molecule has 0 aliphatic carbocycles. The summed E-state index contributed by atoms with van der Waals surface area (Å²) in [6, 6.07) is 6.30. The van der Waals surface area contributed by atoms with Gasteiger partial charge in [0.1, 0.15) is 10.7 Å². The first kappa shape index (κ1) is 11.6. The standard InChI is InChI=1S/C12H10FNO2S/c1-6-2-3-7(8(13)4-6)10-5-9(14)11(17-10)12(15)16/h2-5H,14H2,1H3,(H,15,16). The number of carboxylic acids is 1. The SMILES string of the molecule is Cc1ccc(-c2cc(N)c(C(=O)O)s2)c(F)c1. The first-order chi connectivity index (χ1) is 7.99. The van der Waals surface area contributed by atoms with Gasteiger partial charge in [0, 0.05) is 10.4 Å². The Labute approximate surface area is 101 Å². The van der Waals surface area contributed by atoms with Gasteiger partial charge in [-0.05, 0) is 24.6 Å². The van der Waals surface area contributed by atoms with Gasteiger partial charge in [0.15, 0.2) is 0 Å². The minimum absolute atomic E-state index is 0.0416. The first-order valence-electron chi connectivity index (χ1n) is 4.88. The van der Waals surface area contributed by atoms with Gasteiger partial charge in [0.25, 0.3) is 0 Å². The highest BCUT2D eigenvalue weighted by atomic mass is 32.1. The fraction of sp³-hybridized carbons (Fsp3) is 0.0833. The van der Waals surface area contributed by atoms with Gasteiger partial charge in [-0.3, -0.25) is 0 Å². The van der Waals surface area contributed by atoms with Gasteiger partial charge in [-0.2, -0.15) is 0 Å². The van der Waals surface area contributed by atoms with Crippen LogP contribution in [0, 0.1) is 12.7 Å². The van der Waals surface area contributed by atoms with Crippen molar-refractivity contribution in [1.82, 2.24) is 0 Å². The molecule has 0 radical (unpaired) electrons. The summed E-state index contributed by atoms with van der Waals surface area (Å²) >= 11 is 0.976. The normalized spacial score (nSPS) is 10.5. The highest BCUT2D eigenvalue weighted by Crippen LogP contribution is 2.34. The van der Waals surface area contributed by atoms with Crippen LogP contribution in [0.4, 0.5) is 10.1 Å². The fourth-order valence-electron chi connectivity index (χ4n) is 1.52. The van der Waals surface area contributed by atoms with Gasteiger partial charge in [0.2, 0.25) is 0 Å². The number of carbonyl (C=O) groups is 1. The van der Waals surface area contributed by atoms with Crippen molar-refractivity contribution < 1.29 is 14.3 Å². The number of thiophene rings is 1. The Balaban J connectivity index is 2.53. The number of anilines is 1. The summed E-state index contributed by atoms with van der Waals surface area (Å²) in [7, 11) is 0. The molecule has 0 fully saturated rings. The van der Waals surface area contributed by atoms with E-state index in [1.807, 2.05) is 0 Å². The van der Waals surface area contributed by atoms with Gasteiger partial charge in [-0.15, -0.1) is 11.3 Å². The van der Waals surface area contributed by atoms with Crippen molar-refractivity contribution in [1.29, 1.82) is 0 Å². The van der Waals surface area contributed by atoms with Crippen LogP contribution < -0.4 is 5.73 Å². The Hall–Kier alpha value is -1.88. The zero-order valence-electron chi connectivity index (χ0n) is 9.03. The Kier molecular flexibility index (Phi) is 2.85. The highest BCUT2D eigenvalue weighted by Gasteiger charge is 2.15. The van der Waals surface area contributed by atoms with Crippen molar-refractivity contribution in [2.75, 3.05) is 5.73 Å². The molecule has 0 bridgehead atoms. The maximum absolute atomic E-state index is 13.7. The molecule has 1 aromatic carbocycles. The van der Waals surface area contributed by atoms with Gasteiger partial charge in [-0.25, -0.2) is 9.18 Å². The van der Waals surface area contributed by atoms with Crippen molar-refractivity contribution in [3.05, 3.63) is 40.5 Å². The second kappa shape index (κ2) is 4.18. The molecule has 2 rings (SSSR count). The van der Waals surface area contributed by atoms with E-state index in [-0.39, 0.29) is 16.4 Å². The Morgan fingerprint density at radius 1 is 1.41 bits per heavy atom. The predicted molar refractivity (Wildman–Crippen MR) is 65.8 cm³/mol. The average Bonchev–Trinajstić information content (AvgIpc) is 2.60. The van der Waals surface area contributed by atoms with Gasteiger partial charge in [-0.1, -0.05) is 12.1 Å². The lowest BCUT2D eigenvalue weighted by Crippen LogP contribution is -1.96. The molecule has 0 saturated carbocycles. The fourth-order valence-corrected chi connectivity index (χ4v) is 2.47. The molecule has 1 aromatic heterocycles. The summed E-state index contributed by atoms with van der Waals surface area (Å²) in [5, 5.41) is 8.88. The summed E-state index contributed by atoms with van der Waals surface area (Å²) in [4.78, 5) is 11.4. The largest absolute Gasteiger partial charge is 0.477 e. The summed E-state index contributed by atoms with van der Waals surface area (Å²) in [6.07, 6.45) is 0. The molecule has 0 spiro atoms. The number of benzene rings is 1. The van der Waals surface area contributed by atoms with E-state index in [4.69, 9.17) is 10.8 Å². The molecule has 0 saturated heterocycles. The number of carboxylic acid groups (broad SMARTS) is 1. The molecule has 1 heterocycles. The van der Waals surface area contributed by atoms with E-state index in [0.29, 0.717) is 10.4 Å². The molecule has 2 aromatic rings. The predicted octanol–water partition coefficient (Wildman–Crippen LogP) is 3.14. The molecule has 5 heteroatoms. The minimum atomic E-state index is -1.09. The zero-order valence-corrected chi connectivity index (χ0v) is 9.84. The van der Waals surface area contributed by atoms with Crippen LogP contribution in [-0.2, 0) is 0 Å². The maximum atomic E-state index is 13.7. The smallest absolute Gasteiger partial charge is 0.348 e. The van der Waals surface area contributed by atoms with Crippen LogP contribution in [0.1, 0.15) is 15.2 Å². The first-order valence-corrected chi connectivity index (χ1v) is 5.70. The molecule has 17 heavy (non-hydrogen) atoms. The molecule has 3 nitrogen and oxygen atoms in total. The van der Waals surface area contributed by atoms with Crippen LogP contribution in [0.3, 0.4) is 0 Å². The number of hydrogen-bond donors (Lipinski definition) is 2. The number of hydrogen-bond acceptors (Lipinski definition) is 3. The second-order valence-corrected chi connectivity index (χ2v) is 4.74. The molecule has 0 aliphatic rings. The third-order valence-electron chi connectivity index (χ3n) is 2.35. The summed E-state index contributed by atoms with van der Waals surface area (Å²) < 4.78 is 13.7. The van der Waals surface area contributed by atoms with E-state index in [9.17, 15) is 9.18 Å². The summed E-state index contributed by atoms with van der Waals surface area (Å²) in [5.41, 5.74) is 6.92. The summed E-state index contributed by atoms with van der Waals surface area (Å²) in [5.74, 6) is -1.46. The Morgan fingerprint density at radius 3 is 2.65 bits per heavy atom. The molecular formula is C12H10FNO2S. The van der Waals surface area contributed by atoms with Crippen LogP contribution in [0.5, 0.6) is 0 Å². The number of nitrogens with two attached hydrogens (primary N) is 1. The highest BCUT2D eigenvalue weighted by molar-refractivity contribution is 7.17. The lowest BCUT2D eigenvalue weighted by atomic mass is 10.1. The van der Waals surface area contributed by atoms with E-state index >= 15 is 0 Å². The number of rotatable bonds is 2. The van der Waals surface area contributed by atoms with E-state index in [2.05, 4.69) is 0 Å². The van der Waals surface area contributed by atoms with Crippen LogP contribution in [-0.4, -0.2) is 11.1 Å². The molecule has 3 N–H and O–H groups in total. The zero-order chi connectivity index (χ0) is 12.6. The Morgan fingerprint density at radius 2 is 2.12 bits per heavy atom.